The monoisotopic (exact) mass is 194 g/mol. The maximum absolute atomic E-state index is 11.5. The van der Waals surface area contributed by atoms with E-state index in [1.54, 1.807) is 16.8 Å². The van der Waals surface area contributed by atoms with E-state index >= 15 is 0 Å². The molecule has 0 aliphatic rings. The summed E-state index contributed by atoms with van der Waals surface area (Å²) < 4.78 is 1.55. The average Bonchev–Trinajstić information content (AvgIpc) is 2.16. The Balaban J connectivity index is 2.87. The summed E-state index contributed by atoms with van der Waals surface area (Å²) in [6.45, 7) is 1.38. The second kappa shape index (κ2) is 4.72. The number of carbonyl (C=O) groups is 1. The maximum atomic E-state index is 11.5. The van der Waals surface area contributed by atoms with Gasteiger partial charge in [0.15, 0.2) is 6.29 Å². The van der Waals surface area contributed by atoms with Crippen LogP contribution in [-0.2, 0) is 6.54 Å². The van der Waals surface area contributed by atoms with E-state index in [4.69, 9.17) is 0 Å². The van der Waals surface area contributed by atoms with Gasteiger partial charge in [0.1, 0.15) is 0 Å². The first-order valence-electron chi connectivity index (χ1n) is 4.44. The van der Waals surface area contributed by atoms with E-state index in [2.05, 4.69) is 0 Å². The molecular weight excluding hydrogens is 180 g/mol. The van der Waals surface area contributed by atoms with E-state index < -0.39 is 0 Å². The number of aldehydes is 1. The molecule has 4 nitrogen and oxygen atoms in total. The fourth-order valence-electron chi connectivity index (χ4n) is 1.13. The first-order chi connectivity index (χ1) is 6.65. The van der Waals surface area contributed by atoms with E-state index in [1.165, 1.54) is 6.07 Å². The SMILES string of the molecule is CN(C)CCn1cccc(C=O)c1=O. The topological polar surface area (TPSA) is 42.3 Å². The first kappa shape index (κ1) is 10.7. The Labute approximate surface area is 82.8 Å². The number of hydrogen-bond acceptors (Lipinski definition) is 3. The van der Waals surface area contributed by atoms with Crippen molar-refractivity contribution in [3.05, 3.63) is 34.2 Å². The zero-order chi connectivity index (χ0) is 10.6. The molecule has 0 saturated heterocycles. The fraction of sp³-hybridized carbons (Fsp3) is 0.400. The van der Waals surface area contributed by atoms with Crippen molar-refractivity contribution in [2.45, 2.75) is 6.54 Å². The number of pyridine rings is 1. The van der Waals surface area contributed by atoms with Crippen LogP contribution in [0.25, 0.3) is 0 Å². The van der Waals surface area contributed by atoms with Crippen LogP contribution in [0.15, 0.2) is 23.1 Å². The van der Waals surface area contributed by atoms with Crippen LogP contribution in [0.5, 0.6) is 0 Å². The minimum absolute atomic E-state index is 0.214. The molecule has 0 unspecified atom stereocenters. The van der Waals surface area contributed by atoms with Crippen LogP contribution < -0.4 is 5.56 Å². The second-order valence-electron chi connectivity index (χ2n) is 3.38. The molecule has 14 heavy (non-hydrogen) atoms. The molecule has 4 heteroatoms. The molecule has 0 spiro atoms. The van der Waals surface area contributed by atoms with Crippen molar-refractivity contribution in [3.8, 4) is 0 Å². The number of aromatic nitrogens is 1. The minimum atomic E-state index is -0.218. The lowest BCUT2D eigenvalue weighted by molar-refractivity contribution is 0.112. The molecular formula is C10H14N2O2. The molecule has 0 aromatic carbocycles. The molecule has 0 atom stereocenters. The predicted octanol–water partition coefficient (Wildman–Crippen LogP) is 0.222. The molecule has 1 aromatic rings. The molecule has 0 aliphatic heterocycles. The summed E-state index contributed by atoms with van der Waals surface area (Å²) in [5, 5.41) is 0. The van der Waals surface area contributed by atoms with E-state index in [0.29, 0.717) is 12.8 Å². The summed E-state index contributed by atoms with van der Waals surface area (Å²) in [5.74, 6) is 0. The van der Waals surface area contributed by atoms with Crippen LogP contribution in [0.3, 0.4) is 0 Å². The van der Waals surface area contributed by atoms with Crippen LogP contribution in [0, 0.1) is 0 Å². The quantitative estimate of drug-likeness (QED) is 0.644. The van der Waals surface area contributed by atoms with Crippen molar-refractivity contribution >= 4 is 6.29 Å². The summed E-state index contributed by atoms with van der Waals surface area (Å²) in [7, 11) is 3.88. The molecule has 0 amide bonds. The zero-order valence-corrected chi connectivity index (χ0v) is 8.43. The van der Waals surface area contributed by atoms with Crippen molar-refractivity contribution in [1.29, 1.82) is 0 Å². The van der Waals surface area contributed by atoms with E-state index in [9.17, 15) is 9.59 Å². The second-order valence-corrected chi connectivity index (χ2v) is 3.38. The van der Waals surface area contributed by atoms with E-state index in [0.717, 1.165) is 6.54 Å². The Morgan fingerprint density at radius 1 is 1.50 bits per heavy atom. The van der Waals surface area contributed by atoms with Crippen molar-refractivity contribution in [3.63, 3.8) is 0 Å². The van der Waals surface area contributed by atoms with Gasteiger partial charge in [0.25, 0.3) is 5.56 Å². The first-order valence-corrected chi connectivity index (χ1v) is 4.44. The van der Waals surface area contributed by atoms with Gasteiger partial charge < -0.3 is 9.47 Å². The number of carbonyl (C=O) groups excluding carboxylic acids is 1. The molecule has 0 saturated carbocycles. The third-order valence-corrected chi connectivity index (χ3v) is 1.96. The molecule has 0 aliphatic carbocycles. The molecule has 0 radical (unpaired) electrons. The van der Waals surface area contributed by atoms with Gasteiger partial charge >= 0.3 is 0 Å². The van der Waals surface area contributed by atoms with Gasteiger partial charge in [-0.1, -0.05) is 0 Å². The number of likely N-dealkylation sites (N-methyl/N-ethyl adjacent to an activating group) is 1. The Kier molecular flexibility index (Phi) is 3.59. The fourth-order valence-corrected chi connectivity index (χ4v) is 1.13. The standard InChI is InChI=1S/C10H14N2O2/c1-11(2)6-7-12-5-3-4-9(8-13)10(12)14/h3-5,8H,6-7H2,1-2H3. The van der Waals surface area contributed by atoms with Crippen LogP contribution in [0.1, 0.15) is 10.4 Å². The number of hydrogen-bond donors (Lipinski definition) is 0. The highest BCUT2D eigenvalue weighted by Crippen LogP contribution is 1.89. The lowest BCUT2D eigenvalue weighted by Gasteiger charge is -2.10. The molecule has 0 bridgehead atoms. The molecule has 0 fully saturated rings. The average molecular weight is 194 g/mol. The van der Waals surface area contributed by atoms with Crippen molar-refractivity contribution < 1.29 is 4.79 Å². The molecule has 76 valence electrons. The third-order valence-electron chi connectivity index (χ3n) is 1.96. The van der Waals surface area contributed by atoms with Crippen LogP contribution in [-0.4, -0.2) is 36.4 Å². The van der Waals surface area contributed by atoms with E-state index in [1.807, 2.05) is 19.0 Å². The summed E-state index contributed by atoms with van der Waals surface area (Å²) >= 11 is 0. The Morgan fingerprint density at radius 3 is 2.79 bits per heavy atom. The highest BCUT2D eigenvalue weighted by Gasteiger charge is 2.01. The Morgan fingerprint density at radius 2 is 2.21 bits per heavy atom. The number of rotatable bonds is 4. The largest absolute Gasteiger partial charge is 0.314 e. The lowest BCUT2D eigenvalue weighted by atomic mass is 10.3. The van der Waals surface area contributed by atoms with Gasteiger partial charge in [0.2, 0.25) is 0 Å². The predicted molar refractivity (Wildman–Crippen MR) is 54.6 cm³/mol. The Bertz CT molecular complexity index is 369. The van der Waals surface area contributed by atoms with Gasteiger partial charge in [0, 0.05) is 19.3 Å². The lowest BCUT2D eigenvalue weighted by Crippen LogP contribution is -2.27. The summed E-state index contributed by atoms with van der Waals surface area (Å²) in [6.07, 6.45) is 2.29. The highest BCUT2D eigenvalue weighted by atomic mass is 16.1. The van der Waals surface area contributed by atoms with Crippen LogP contribution in [0.2, 0.25) is 0 Å². The van der Waals surface area contributed by atoms with Crippen molar-refractivity contribution in [1.82, 2.24) is 9.47 Å². The van der Waals surface area contributed by atoms with Crippen LogP contribution in [0.4, 0.5) is 0 Å². The summed E-state index contributed by atoms with van der Waals surface area (Å²) in [6, 6.07) is 3.24. The van der Waals surface area contributed by atoms with Gasteiger partial charge in [-0.15, -0.1) is 0 Å². The normalized spacial score (nSPS) is 10.5. The number of nitrogens with zero attached hydrogens (tertiary/aromatic N) is 2. The Hall–Kier alpha value is -1.42. The molecule has 1 rings (SSSR count). The van der Waals surface area contributed by atoms with Gasteiger partial charge in [-0.05, 0) is 26.2 Å². The smallest absolute Gasteiger partial charge is 0.261 e. The zero-order valence-electron chi connectivity index (χ0n) is 8.43. The third kappa shape index (κ3) is 2.53. The van der Waals surface area contributed by atoms with Gasteiger partial charge in [-0.25, -0.2) is 0 Å². The summed E-state index contributed by atoms with van der Waals surface area (Å²) in [4.78, 5) is 24.0. The van der Waals surface area contributed by atoms with Gasteiger partial charge in [-0.3, -0.25) is 9.59 Å². The van der Waals surface area contributed by atoms with Crippen molar-refractivity contribution in [2.24, 2.45) is 0 Å². The van der Waals surface area contributed by atoms with Gasteiger partial charge in [-0.2, -0.15) is 0 Å². The molecule has 0 N–H and O–H groups in total. The van der Waals surface area contributed by atoms with E-state index in [-0.39, 0.29) is 11.1 Å². The molecule has 1 aromatic heterocycles. The van der Waals surface area contributed by atoms with Gasteiger partial charge in [0.05, 0.1) is 5.56 Å². The summed E-state index contributed by atoms with van der Waals surface area (Å²) in [5.41, 5.74) is -0.00407. The highest BCUT2D eigenvalue weighted by molar-refractivity contribution is 5.73. The minimum Gasteiger partial charge on any atom is -0.314 e. The molecule has 1 heterocycles. The van der Waals surface area contributed by atoms with Crippen molar-refractivity contribution in [2.75, 3.05) is 20.6 Å². The maximum Gasteiger partial charge on any atom is 0.261 e. The van der Waals surface area contributed by atoms with Crippen LogP contribution >= 0.6 is 0 Å².